The molecule has 1 aromatic carbocycles. The van der Waals surface area contributed by atoms with E-state index in [4.69, 9.17) is 0 Å². The number of nitrogens with zero attached hydrogens (tertiary/aromatic N) is 2. The summed E-state index contributed by atoms with van der Waals surface area (Å²) in [6.45, 7) is 3.24. The highest BCUT2D eigenvalue weighted by molar-refractivity contribution is 5.71. The first kappa shape index (κ1) is 17.5. The topological polar surface area (TPSA) is 78.3 Å². The lowest BCUT2D eigenvalue weighted by molar-refractivity contribution is -0.137. The van der Waals surface area contributed by atoms with E-state index in [1.54, 1.807) is 19.1 Å². The second-order valence-electron chi connectivity index (χ2n) is 6.74. The fraction of sp³-hybridized carbons (Fsp3) is 0.412. The number of nitrogens with one attached hydrogen (secondary N) is 1. The number of rotatable bonds is 3. The van der Waals surface area contributed by atoms with Gasteiger partial charge >= 0.3 is 6.18 Å². The lowest BCUT2D eigenvalue weighted by Crippen LogP contribution is -2.48. The number of aryl methyl sites for hydroxylation is 1. The van der Waals surface area contributed by atoms with Crippen molar-refractivity contribution in [3.05, 3.63) is 35.4 Å². The van der Waals surface area contributed by atoms with Crippen LogP contribution in [0, 0.1) is 6.92 Å². The Bertz CT molecular complexity index is 758. The molecule has 1 heterocycles. The predicted octanol–water partition coefficient (Wildman–Crippen LogP) is 3.50. The van der Waals surface area contributed by atoms with E-state index in [0.717, 1.165) is 6.07 Å². The van der Waals surface area contributed by atoms with Crippen LogP contribution in [0.3, 0.4) is 0 Å². The number of aromatic hydroxyl groups is 1. The Morgan fingerprint density at radius 2 is 1.88 bits per heavy atom. The molecular weight excluding hydrogens is 335 g/mol. The van der Waals surface area contributed by atoms with E-state index in [1.807, 2.05) is 0 Å². The summed E-state index contributed by atoms with van der Waals surface area (Å²) in [6, 6.07) is 5.00. The van der Waals surface area contributed by atoms with Gasteiger partial charge in [0.25, 0.3) is 0 Å². The zero-order chi connectivity index (χ0) is 18.4. The molecule has 0 aliphatic heterocycles. The van der Waals surface area contributed by atoms with Gasteiger partial charge in [-0.3, -0.25) is 0 Å². The lowest BCUT2D eigenvalue weighted by Gasteiger charge is -2.41. The van der Waals surface area contributed by atoms with E-state index in [2.05, 4.69) is 15.5 Å². The van der Waals surface area contributed by atoms with Crippen LogP contribution in [0.5, 0.6) is 5.75 Å². The number of benzene rings is 1. The van der Waals surface area contributed by atoms with E-state index in [-0.39, 0.29) is 22.9 Å². The lowest BCUT2D eigenvalue weighted by atomic mass is 9.77. The van der Waals surface area contributed by atoms with Crippen molar-refractivity contribution in [1.29, 1.82) is 0 Å². The maximum atomic E-state index is 12.8. The Balaban J connectivity index is 1.81. The van der Waals surface area contributed by atoms with E-state index in [1.165, 1.54) is 6.92 Å². The molecule has 1 saturated carbocycles. The van der Waals surface area contributed by atoms with Gasteiger partial charge in [0.2, 0.25) is 0 Å². The van der Waals surface area contributed by atoms with Gasteiger partial charge in [0.05, 0.1) is 16.9 Å². The Morgan fingerprint density at radius 1 is 1.20 bits per heavy atom. The molecule has 8 heteroatoms. The second-order valence-corrected chi connectivity index (χ2v) is 6.74. The molecule has 2 aromatic rings. The monoisotopic (exact) mass is 353 g/mol. The Hall–Kier alpha value is -2.35. The summed E-state index contributed by atoms with van der Waals surface area (Å²) in [5, 5.41) is 30.8. The van der Waals surface area contributed by atoms with E-state index in [9.17, 15) is 23.4 Å². The highest BCUT2D eigenvalue weighted by Crippen LogP contribution is 2.38. The van der Waals surface area contributed by atoms with Gasteiger partial charge in [-0.05, 0) is 56.5 Å². The van der Waals surface area contributed by atoms with Crippen LogP contribution in [-0.2, 0) is 6.18 Å². The van der Waals surface area contributed by atoms with Gasteiger partial charge in [-0.25, -0.2) is 0 Å². The van der Waals surface area contributed by atoms with Gasteiger partial charge < -0.3 is 15.5 Å². The first-order chi connectivity index (χ1) is 11.5. The van der Waals surface area contributed by atoms with Crippen molar-refractivity contribution in [2.45, 2.75) is 44.5 Å². The Labute approximate surface area is 142 Å². The molecule has 0 radical (unpaired) electrons. The Morgan fingerprint density at radius 3 is 2.36 bits per heavy atom. The number of aromatic nitrogens is 2. The third kappa shape index (κ3) is 3.68. The molecule has 0 spiro atoms. The fourth-order valence-corrected chi connectivity index (χ4v) is 3.12. The van der Waals surface area contributed by atoms with Crippen LogP contribution < -0.4 is 5.32 Å². The molecule has 0 saturated heterocycles. The van der Waals surface area contributed by atoms with Gasteiger partial charge in [-0.15, -0.1) is 10.2 Å². The third-order valence-electron chi connectivity index (χ3n) is 4.29. The molecule has 0 atom stereocenters. The minimum atomic E-state index is -4.52. The molecule has 3 rings (SSSR count). The first-order valence-electron chi connectivity index (χ1n) is 7.79. The van der Waals surface area contributed by atoms with Crippen molar-refractivity contribution in [3.63, 3.8) is 0 Å². The molecule has 1 aliphatic carbocycles. The molecule has 1 aliphatic rings. The minimum Gasteiger partial charge on any atom is -0.507 e. The van der Waals surface area contributed by atoms with Gasteiger partial charge in [0.15, 0.2) is 0 Å². The highest BCUT2D eigenvalue weighted by Gasteiger charge is 2.38. The van der Waals surface area contributed by atoms with Crippen LogP contribution in [0.25, 0.3) is 11.3 Å². The summed E-state index contributed by atoms with van der Waals surface area (Å²) in [7, 11) is 0. The zero-order valence-corrected chi connectivity index (χ0v) is 13.7. The summed E-state index contributed by atoms with van der Waals surface area (Å²) in [6.07, 6.45) is -3.31. The maximum Gasteiger partial charge on any atom is 0.416 e. The van der Waals surface area contributed by atoms with Crippen molar-refractivity contribution in [3.8, 4) is 17.0 Å². The smallest absolute Gasteiger partial charge is 0.416 e. The number of halogens is 3. The highest BCUT2D eigenvalue weighted by atomic mass is 19.4. The summed E-state index contributed by atoms with van der Waals surface area (Å²) in [4.78, 5) is 0. The number of phenolic OH excluding ortho intramolecular Hbond substituents is 1. The standard InChI is InChI=1S/C17H18F3N3O2/c1-9-5-10(17(18,19)20)6-13(24)15(9)12-3-4-14(23-22-12)21-11-7-16(2,25)8-11/h3-6,11,24-25H,7-8H2,1-2H3,(H,21,23). The summed E-state index contributed by atoms with van der Waals surface area (Å²) in [5.74, 6) is 0.0191. The molecule has 1 fully saturated rings. The average Bonchev–Trinajstić information content (AvgIpc) is 2.45. The third-order valence-corrected chi connectivity index (χ3v) is 4.29. The molecule has 0 amide bonds. The van der Waals surface area contributed by atoms with Crippen molar-refractivity contribution in [2.75, 3.05) is 5.32 Å². The van der Waals surface area contributed by atoms with Crippen LogP contribution in [0.15, 0.2) is 24.3 Å². The molecule has 0 unspecified atom stereocenters. The van der Waals surface area contributed by atoms with Crippen LogP contribution in [0.4, 0.5) is 19.0 Å². The van der Waals surface area contributed by atoms with Crippen LogP contribution in [-0.4, -0.2) is 32.1 Å². The molecule has 25 heavy (non-hydrogen) atoms. The first-order valence-corrected chi connectivity index (χ1v) is 7.79. The molecule has 134 valence electrons. The summed E-state index contributed by atoms with van der Waals surface area (Å²) >= 11 is 0. The van der Waals surface area contributed by atoms with E-state index >= 15 is 0 Å². The van der Waals surface area contributed by atoms with Crippen molar-refractivity contribution >= 4 is 5.82 Å². The number of aliphatic hydroxyl groups is 1. The quantitative estimate of drug-likeness (QED) is 0.787. The molecular formula is C17H18F3N3O2. The van der Waals surface area contributed by atoms with Gasteiger partial charge in [-0.2, -0.15) is 13.2 Å². The number of phenols is 1. The number of hydrogen-bond donors (Lipinski definition) is 3. The second kappa shape index (κ2) is 5.87. The fourth-order valence-electron chi connectivity index (χ4n) is 3.12. The summed E-state index contributed by atoms with van der Waals surface area (Å²) in [5.41, 5.74) is -0.797. The molecule has 5 nitrogen and oxygen atoms in total. The normalized spacial score (nSPS) is 23.2. The van der Waals surface area contributed by atoms with Crippen LogP contribution in [0.1, 0.15) is 30.9 Å². The van der Waals surface area contributed by atoms with Gasteiger partial charge in [0.1, 0.15) is 11.6 Å². The Kier molecular flexibility index (Phi) is 4.10. The maximum absolute atomic E-state index is 12.8. The van der Waals surface area contributed by atoms with E-state index < -0.39 is 23.1 Å². The minimum absolute atomic E-state index is 0.108. The molecule has 1 aromatic heterocycles. The SMILES string of the molecule is Cc1cc(C(F)(F)F)cc(O)c1-c1ccc(NC2CC(C)(O)C2)nn1. The number of alkyl halides is 3. The van der Waals surface area contributed by atoms with E-state index in [0.29, 0.717) is 24.7 Å². The number of hydrogen-bond acceptors (Lipinski definition) is 5. The predicted molar refractivity (Wildman–Crippen MR) is 86.1 cm³/mol. The largest absolute Gasteiger partial charge is 0.507 e. The van der Waals surface area contributed by atoms with Gasteiger partial charge in [-0.1, -0.05) is 0 Å². The van der Waals surface area contributed by atoms with Crippen molar-refractivity contribution in [2.24, 2.45) is 0 Å². The zero-order valence-electron chi connectivity index (χ0n) is 13.7. The van der Waals surface area contributed by atoms with Crippen molar-refractivity contribution in [1.82, 2.24) is 10.2 Å². The average molecular weight is 353 g/mol. The van der Waals surface area contributed by atoms with Crippen LogP contribution in [0.2, 0.25) is 0 Å². The van der Waals surface area contributed by atoms with Gasteiger partial charge in [0, 0.05) is 11.6 Å². The number of anilines is 1. The van der Waals surface area contributed by atoms with Crippen molar-refractivity contribution < 1.29 is 23.4 Å². The van der Waals surface area contributed by atoms with Crippen LogP contribution >= 0.6 is 0 Å². The summed E-state index contributed by atoms with van der Waals surface area (Å²) < 4.78 is 38.4. The molecule has 3 N–H and O–H groups in total. The molecule has 0 bridgehead atoms.